The van der Waals surface area contributed by atoms with Gasteiger partial charge in [0.1, 0.15) is 5.75 Å². The van der Waals surface area contributed by atoms with Crippen LogP contribution in [-0.2, 0) is 14.3 Å². The number of carbonyl (C=O) groups excluding carboxylic acids is 1. The fraction of sp³-hybridized carbons (Fsp3) is 0.353. The molecule has 1 amide bonds. The van der Waals surface area contributed by atoms with Gasteiger partial charge >= 0.3 is 0 Å². The fourth-order valence-electron chi connectivity index (χ4n) is 1.70. The normalized spacial score (nSPS) is 10.9. The summed E-state index contributed by atoms with van der Waals surface area (Å²) < 4.78 is 16.1. The second-order valence-electron chi connectivity index (χ2n) is 4.78. The molecule has 0 aliphatic carbocycles. The molecule has 1 rings (SSSR count). The van der Waals surface area contributed by atoms with Crippen molar-refractivity contribution in [2.24, 2.45) is 0 Å². The van der Waals surface area contributed by atoms with Crippen molar-refractivity contribution in [1.82, 2.24) is 5.32 Å². The lowest BCUT2D eigenvalue weighted by atomic mass is 10.3. The van der Waals surface area contributed by atoms with Gasteiger partial charge in [-0.1, -0.05) is 12.2 Å². The van der Waals surface area contributed by atoms with Crippen LogP contribution in [0.5, 0.6) is 5.75 Å². The molecule has 126 valence electrons. The average Bonchev–Trinajstić information content (AvgIpc) is 2.57. The molecule has 0 aliphatic heterocycles. The maximum atomic E-state index is 12.0. The van der Waals surface area contributed by atoms with Crippen LogP contribution in [0.2, 0.25) is 0 Å². The Morgan fingerprint density at radius 1 is 1.17 bits per heavy atom. The molecule has 23 heavy (non-hydrogen) atoms. The Kier molecular flexibility index (Phi) is 8.04. The quantitative estimate of drug-likeness (QED) is 0.484. The maximum Gasteiger partial charge on any atom is 0.238 e. The van der Waals surface area contributed by atoms with E-state index >= 15 is 0 Å². The van der Waals surface area contributed by atoms with Crippen LogP contribution in [0, 0.1) is 0 Å². The largest absolute Gasteiger partial charge is 0.497 e. The summed E-state index contributed by atoms with van der Waals surface area (Å²) in [7, 11) is 1.59. The highest BCUT2D eigenvalue weighted by atomic mass is 16.7. The van der Waals surface area contributed by atoms with Crippen molar-refractivity contribution in [3.63, 3.8) is 0 Å². The minimum absolute atomic E-state index is 0.0246. The highest BCUT2D eigenvalue weighted by Crippen LogP contribution is 2.15. The lowest BCUT2D eigenvalue weighted by molar-refractivity contribution is -0.233. The number of anilines is 1. The molecule has 0 fully saturated rings. The maximum absolute atomic E-state index is 12.0. The minimum Gasteiger partial charge on any atom is -0.497 e. The van der Waals surface area contributed by atoms with Crippen LogP contribution in [-0.4, -0.2) is 38.7 Å². The molecule has 0 spiro atoms. The highest BCUT2D eigenvalue weighted by molar-refractivity contribution is 5.92. The van der Waals surface area contributed by atoms with Gasteiger partial charge in [0, 0.05) is 12.6 Å². The van der Waals surface area contributed by atoms with Gasteiger partial charge in [-0.05, 0) is 24.3 Å². The van der Waals surface area contributed by atoms with Crippen molar-refractivity contribution >= 4 is 11.6 Å². The number of ether oxygens (including phenoxy) is 3. The molecule has 1 aromatic carbocycles. The smallest absolute Gasteiger partial charge is 0.238 e. The SMILES string of the molecule is C=CCOC(C)(NCC(=O)Nc1ccc(OC)cc1)OCC=C. The zero-order valence-corrected chi connectivity index (χ0v) is 13.6. The summed E-state index contributed by atoms with van der Waals surface area (Å²) in [5.74, 6) is -0.588. The first-order chi connectivity index (χ1) is 11.0. The number of hydrogen-bond donors (Lipinski definition) is 2. The summed E-state index contributed by atoms with van der Waals surface area (Å²) in [6.45, 7) is 9.49. The Labute approximate surface area is 137 Å². The van der Waals surface area contributed by atoms with Gasteiger partial charge < -0.3 is 19.5 Å². The van der Waals surface area contributed by atoms with E-state index in [1.807, 2.05) is 0 Å². The second kappa shape index (κ2) is 9.78. The highest BCUT2D eigenvalue weighted by Gasteiger charge is 2.25. The first-order valence-corrected chi connectivity index (χ1v) is 7.21. The van der Waals surface area contributed by atoms with E-state index in [0.29, 0.717) is 18.9 Å². The number of nitrogens with one attached hydrogen (secondary N) is 2. The molecule has 6 nitrogen and oxygen atoms in total. The van der Waals surface area contributed by atoms with Crippen LogP contribution in [0.15, 0.2) is 49.6 Å². The van der Waals surface area contributed by atoms with Gasteiger partial charge in [-0.3, -0.25) is 10.1 Å². The van der Waals surface area contributed by atoms with Crippen LogP contribution < -0.4 is 15.4 Å². The summed E-state index contributed by atoms with van der Waals surface area (Å²) in [6, 6.07) is 7.07. The van der Waals surface area contributed by atoms with Crippen molar-refractivity contribution in [2.75, 3.05) is 32.2 Å². The van der Waals surface area contributed by atoms with Crippen molar-refractivity contribution in [3.05, 3.63) is 49.6 Å². The van der Waals surface area contributed by atoms with Gasteiger partial charge in [0.05, 0.1) is 26.9 Å². The molecular weight excluding hydrogens is 296 g/mol. The van der Waals surface area contributed by atoms with E-state index in [9.17, 15) is 4.79 Å². The Morgan fingerprint density at radius 2 is 1.74 bits per heavy atom. The first-order valence-electron chi connectivity index (χ1n) is 7.21. The number of methoxy groups -OCH3 is 1. The Hall–Kier alpha value is -2.15. The molecule has 0 aromatic heterocycles. The predicted molar refractivity (Wildman–Crippen MR) is 90.3 cm³/mol. The summed E-state index contributed by atoms with van der Waals surface area (Å²) in [5.41, 5.74) is 0.679. The molecule has 6 heteroatoms. The van der Waals surface area contributed by atoms with Gasteiger partial charge in [0.15, 0.2) is 0 Å². The van der Waals surface area contributed by atoms with Crippen molar-refractivity contribution in [1.29, 1.82) is 0 Å². The number of rotatable bonds is 11. The van der Waals surface area contributed by atoms with Gasteiger partial charge in [0.2, 0.25) is 11.8 Å². The molecule has 0 heterocycles. The van der Waals surface area contributed by atoms with Crippen molar-refractivity contribution in [2.45, 2.75) is 12.8 Å². The molecule has 0 saturated carbocycles. The van der Waals surface area contributed by atoms with E-state index in [2.05, 4.69) is 23.8 Å². The number of benzene rings is 1. The zero-order valence-electron chi connectivity index (χ0n) is 13.6. The Balaban J connectivity index is 2.52. The number of hydrogen-bond acceptors (Lipinski definition) is 5. The monoisotopic (exact) mass is 320 g/mol. The third-order valence-corrected chi connectivity index (χ3v) is 2.90. The topological polar surface area (TPSA) is 68.8 Å². The summed E-state index contributed by atoms with van der Waals surface area (Å²) in [4.78, 5) is 12.0. The molecule has 0 atom stereocenters. The predicted octanol–water partition coefficient (Wildman–Crippen LogP) is 2.30. The molecule has 0 bridgehead atoms. The molecule has 1 aromatic rings. The van der Waals surface area contributed by atoms with Gasteiger partial charge in [-0.15, -0.1) is 13.2 Å². The molecule has 0 radical (unpaired) electrons. The van der Waals surface area contributed by atoms with Crippen LogP contribution >= 0.6 is 0 Å². The Morgan fingerprint density at radius 3 is 2.22 bits per heavy atom. The van der Waals surface area contributed by atoms with Gasteiger partial charge in [-0.2, -0.15) is 0 Å². The third kappa shape index (κ3) is 7.10. The van der Waals surface area contributed by atoms with Crippen LogP contribution in [0.3, 0.4) is 0 Å². The molecule has 0 aliphatic rings. The lowest BCUT2D eigenvalue weighted by Crippen LogP contribution is -2.50. The molecule has 2 N–H and O–H groups in total. The standard InChI is InChI=1S/C17H24N2O4/c1-5-11-22-17(3,23-12-6-2)18-13-16(20)19-14-7-9-15(21-4)10-8-14/h5-10,18H,1-2,11-13H2,3-4H3,(H,19,20). The van der Waals surface area contributed by atoms with Gasteiger partial charge in [0.25, 0.3) is 0 Å². The number of amides is 1. The van der Waals surface area contributed by atoms with Crippen molar-refractivity contribution < 1.29 is 19.0 Å². The van der Waals surface area contributed by atoms with Crippen LogP contribution in [0.1, 0.15) is 6.92 Å². The van der Waals surface area contributed by atoms with Crippen LogP contribution in [0.25, 0.3) is 0 Å². The third-order valence-electron chi connectivity index (χ3n) is 2.90. The molecule has 0 saturated heterocycles. The molecular formula is C17H24N2O4. The van der Waals surface area contributed by atoms with Crippen LogP contribution in [0.4, 0.5) is 5.69 Å². The van der Waals surface area contributed by atoms with E-state index in [-0.39, 0.29) is 12.5 Å². The zero-order chi connectivity index (χ0) is 17.1. The summed E-state index contributed by atoms with van der Waals surface area (Å²) >= 11 is 0. The summed E-state index contributed by atoms with van der Waals surface area (Å²) in [5, 5.41) is 5.70. The van der Waals surface area contributed by atoms with E-state index in [0.717, 1.165) is 5.75 Å². The Bertz CT molecular complexity index is 502. The number of carbonyl (C=O) groups is 1. The lowest BCUT2D eigenvalue weighted by Gasteiger charge is -2.29. The summed E-state index contributed by atoms with van der Waals surface area (Å²) in [6.07, 6.45) is 3.21. The van der Waals surface area contributed by atoms with E-state index in [1.165, 1.54) is 0 Å². The fourth-order valence-corrected chi connectivity index (χ4v) is 1.70. The minimum atomic E-state index is -1.10. The van der Waals surface area contributed by atoms with Crippen molar-refractivity contribution in [3.8, 4) is 5.75 Å². The van der Waals surface area contributed by atoms with E-state index in [1.54, 1.807) is 50.5 Å². The molecule has 0 unspecified atom stereocenters. The second-order valence-corrected chi connectivity index (χ2v) is 4.78. The first kappa shape index (κ1) is 18.9. The average molecular weight is 320 g/mol. The van der Waals surface area contributed by atoms with E-state index < -0.39 is 5.91 Å². The van der Waals surface area contributed by atoms with E-state index in [4.69, 9.17) is 14.2 Å². The van der Waals surface area contributed by atoms with Gasteiger partial charge in [-0.25, -0.2) is 0 Å².